The average Bonchev–Trinajstić information content (AvgIpc) is 2.37. The summed E-state index contributed by atoms with van der Waals surface area (Å²) in [5, 5.41) is 0.433. The number of rotatable bonds is 3. The van der Waals surface area contributed by atoms with Crippen molar-refractivity contribution in [2.45, 2.75) is 0 Å². The number of para-hydroxylation sites is 1. The summed E-state index contributed by atoms with van der Waals surface area (Å²) in [7, 11) is -0.588. The van der Waals surface area contributed by atoms with Crippen molar-refractivity contribution < 1.29 is 13.6 Å². The minimum atomic E-state index is -3.28. The van der Waals surface area contributed by atoms with Crippen LogP contribution in [0.15, 0.2) is 30.6 Å². The molecule has 0 saturated heterocycles. The molecule has 2 rings (SSSR count). The molecule has 0 aliphatic heterocycles. The largest absolute Gasteiger partial charge is 0.363 e. The van der Waals surface area contributed by atoms with Gasteiger partial charge in [-0.1, -0.05) is 6.07 Å². The van der Waals surface area contributed by atoms with Crippen molar-refractivity contribution in [3.8, 4) is 0 Å². The molecule has 0 unspecified atom stereocenters. The van der Waals surface area contributed by atoms with Crippen LogP contribution in [0.4, 0.5) is 0 Å². The van der Waals surface area contributed by atoms with Crippen LogP contribution in [0.25, 0.3) is 11.0 Å². The molecule has 1 aromatic carbocycles. The second-order valence-electron chi connectivity index (χ2n) is 3.06. The smallest absolute Gasteiger partial charge is 0.309 e. The summed E-state index contributed by atoms with van der Waals surface area (Å²) in [4.78, 5) is 8.28. The van der Waals surface area contributed by atoms with Crippen LogP contribution in [-0.2, 0) is 13.6 Å². The molecular formula is C10H11N2O3P. The summed E-state index contributed by atoms with van der Waals surface area (Å²) in [6.07, 6.45) is 3.12. The number of hydrogen-bond donors (Lipinski definition) is 0. The van der Waals surface area contributed by atoms with Crippen molar-refractivity contribution in [3.63, 3.8) is 0 Å². The molecule has 0 aliphatic rings. The van der Waals surface area contributed by atoms with E-state index in [4.69, 9.17) is 9.05 Å². The van der Waals surface area contributed by atoms with Gasteiger partial charge in [0, 0.05) is 26.6 Å². The van der Waals surface area contributed by atoms with Crippen LogP contribution >= 0.6 is 7.60 Å². The zero-order valence-electron chi connectivity index (χ0n) is 8.95. The van der Waals surface area contributed by atoms with Gasteiger partial charge in [-0.3, -0.25) is 14.5 Å². The lowest BCUT2D eigenvalue weighted by Crippen LogP contribution is -2.10. The number of nitrogens with zero attached hydrogens (tertiary/aromatic N) is 2. The maximum Gasteiger partial charge on any atom is 0.363 e. The van der Waals surface area contributed by atoms with Crippen LogP contribution in [-0.4, -0.2) is 24.2 Å². The van der Waals surface area contributed by atoms with Crippen molar-refractivity contribution >= 4 is 23.9 Å². The van der Waals surface area contributed by atoms with E-state index in [1.807, 2.05) is 0 Å². The van der Waals surface area contributed by atoms with E-state index in [1.165, 1.54) is 14.2 Å². The summed E-state index contributed by atoms with van der Waals surface area (Å²) < 4.78 is 22.1. The number of fused-ring (bicyclic) bond motifs is 1. The maximum atomic E-state index is 12.3. The molecule has 0 radical (unpaired) electrons. The van der Waals surface area contributed by atoms with E-state index in [-0.39, 0.29) is 0 Å². The third-order valence-electron chi connectivity index (χ3n) is 2.25. The number of aromatic nitrogens is 2. The molecule has 84 valence electrons. The normalized spacial score (nSPS) is 11.9. The third-order valence-corrected chi connectivity index (χ3v) is 4.17. The van der Waals surface area contributed by atoms with E-state index >= 15 is 0 Å². The van der Waals surface area contributed by atoms with Crippen molar-refractivity contribution in [3.05, 3.63) is 30.6 Å². The van der Waals surface area contributed by atoms with Gasteiger partial charge in [-0.05, 0) is 12.1 Å². The van der Waals surface area contributed by atoms with Gasteiger partial charge in [-0.15, -0.1) is 0 Å². The molecule has 0 aliphatic carbocycles. The Hall–Kier alpha value is -1.29. The van der Waals surface area contributed by atoms with Crippen molar-refractivity contribution in [1.29, 1.82) is 0 Å². The lowest BCUT2D eigenvalue weighted by Gasteiger charge is -2.14. The third kappa shape index (κ3) is 1.73. The Morgan fingerprint density at radius 1 is 1.12 bits per heavy atom. The highest BCUT2D eigenvalue weighted by Crippen LogP contribution is 2.46. The van der Waals surface area contributed by atoms with Gasteiger partial charge in [0.25, 0.3) is 0 Å². The molecule has 0 amide bonds. The van der Waals surface area contributed by atoms with Crippen LogP contribution in [0.3, 0.4) is 0 Å². The highest BCUT2D eigenvalue weighted by atomic mass is 31.2. The summed E-state index contributed by atoms with van der Waals surface area (Å²) in [5.74, 6) is 0. The van der Waals surface area contributed by atoms with Crippen LogP contribution in [0, 0.1) is 0 Å². The summed E-state index contributed by atoms with van der Waals surface area (Å²) in [5.41, 5.74) is 1.20. The van der Waals surface area contributed by atoms with Crippen LogP contribution in [0.2, 0.25) is 0 Å². The number of hydrogen-bond acceptors (Lipinski definition) is 5. The molecule has 0 saturated carbocycles. The summed E-state index contributed by atoms with van der Waals surface area (Å²) in [6, 6.07) is 5.21. The average molecular weight is 238 g/mol. The lowest BCUT2D eigenvalue weighted by atomic mass is 10.3. The fourth-order valence-electron chi connectivity index (χ4n) is 1.47. The molecule has 0 bridgehead atoms. The van der Waals surface area contributed by atoms with Gasteiger partial charge in [0.15, 0.2) is 0 Å². The molecule has 1 heterocycles. The van der Waals surface area contributed by atoms with Gasteiger partial charge < -0.3 is 9.05 Å². The van der Waals surface area contributed by atoms with E-state index in [2.05, 4.69) is 9.97 Å². The van der Waals surface area contributed by atoms with Crippen LogP contribution in [0.5, 0.6) is 0 Å². The Balaban J connectivity index is 2.74. The summed E-state index contributed by atoms with van der Waals surface area (Å²) >= 11 is 0. The van der Waals surface area contributed by atoms with Gasteiger partial charge in [-0.25, -0.2) is 0 Å². The van der Waals surface area contributed by atoms with Gasteiger partial charge in [0.1, 0.15) is 5.52 Å². The lowest BCUT2D eigenvalue weighted by molar-refractivity contribution is 0.287. The molecule has 0 fully saturated rings. The molecule has 0 atom stereocenters. The van der Waals surface area contributed by atoms with Crippen molar-refractivity contribution in [1.82, 2.24) is 9.97 Å². The summed E-state index contributed by atoms with van der Waals surface area (Å²) in [6.45, 7) is 0. The van der Waals surface area contributed by atoms with Gasteiger partial charge in [0.2, 0.25) is 0 Å². The van der Waals surface area contributed by atoms with E-state index in [1.54, 1.807) is 30.6 Å². The standard InChI is InChI=1S/C10H11N2O3P/c1-14-16(13,15-2)9-5-3-4-8-10(9)12-7-6-11-8/h3-7H,1-2H3. The van der Waals surface area contributed by atoms with Crippen molar-refractivity contribution in [2.24, 2.45) is 0 Å². The highest BCUT2D eigenvalue weighted by Gasteiger charge is 2.27. The molecule has 1 aromatic heterocycles. The van der Waals surface area contributed by atoms with Gasteiger partial charge in [-0.2, -0.15) is 0 Å². The van der Waals surface area contributed by atoms with E-state index in [9.17, 15) is 4.57 Å². The second-order valence-corrected chi connectivity index (χ2v) is 5.27. The zero-order chi connectivity index (χ0) is 11.6. The Bertz CT molecular complexity index is 545. The second kappa shape index (κ2) is 4.29. The Kier molecular flexibility index (Phi) is 3.01. The molecule has 0 spiro atoms. The molecule has 5 nitrogen and oxygen atoms in total. The fraction of sp³-hybridized carbons (Fsp3) is 0.200. The SMILES string of the molecule is COP(=O)(OC)c1cccc2nccnc12. The zero-order valence-corrected chi connectivity index (χ0v) is 9.85. The fourth-order valence-corrected chi connectivity index (χ4v) is 2.71. The van der Waals surface area contributed by atoms with Gasteiger partial charge >= 0.3 is 7.60 Å². The van der Waals surface area contributed by atoms with E-state index < -0.39 is 7.60 Å². The first-order chi connectivity index (χ1) is 7.71. The first kappa shape index (κ1) is 11.2. The minimum absolute atomic E-state index is 0.433. The number of benzene rings is 1. The minimum Gasteiger partial charge on any atom is -0.309 e. The first-order valence-corrected chi connectivity index (χ1v) is 6.17. The quantitative estimate of drug-likeness (QED) is 0.762. The Morgan fingerprint density at radius 3 is 2.50 bits per heavy atom. The van der Waals surface area contributed by atoms with E-state index in [0.717, 1.165) is 0 Å². The van der Waals surface area contributed by atoms with Crippen LogP contribution in [0.1, 0.15) is 0 Å². The predicted octanol–water partition coefficient (Wildman–Crippen LogP) is 1.74. The monoisotopic (exact) mass is 238 g/mol. The first-order valence-electron chi connectivity index (χ1n) is 4.63. The van der Waals surface area contributed by atoms with Crippen LogP contribution < -0.4 is 5.30 Å². The van der Waals surface area contributed by atoms with Crippen molar-refractivity contribution in [2.75, 3.05) is 14.2 Å². The molecule has 6 heteroatoms. The Labute approximate surface area is 93.0 Å². The molecular weight excluding hydrogens is 227 g/mol. The van der Waals surface area contributed by atoms with Gasteiger partial charge in [0.05, 0.1) is 10.8 Å². The van der Waals surface area contributed by atoms with E-state index in [0.29, 0.717) is 16.3 Å². The highest BCUT2D eigenvalue weighted by molar-refractivity contribution is 7.62. The molecule has 16 heavy (non-hydrogen) atoms. The Morgan fingerprint density at radius 2 is 1.81 bits per heavy atom. The predicted molar refractivity (Wildman–Crippen MR) is 60.8 cm³/mol. The topological polar surface area (TPSA) is 61.3 Å². The molecule has 2 aromatic rings. The molecule has 0 N–H and O–H groups in total. The maximum absolute atomic E-state index is 12.3.